The first kappa shape index (κ1) is 12.9. The van der Waals surface area contributed by atoms with Gasteiger partial charge in [-0.2, -0.15) is 5.10 Å². The van der Waals surface area contributed by atoms with Gasteiger partial charge in [-0.1, -0.05) is 0 Å². The predicted molar refractivity (Wildman–Crippen MR) is 75.1 cm³/mol. The highest BCUT2D eigenvalue weighted by atomic mass is 32.1. The number of benzene rings is 1. The molecule has 0 fully saturated rings. The Morgan fingerprint density at radius 2 is 1.75 bits per heavy atom. The molecule has 0 radical (unpaired) electrons. The molecule has 0 bridgehead atoms. The van der Waals surface area contributed by atoms with Crippen molar-refractivity contribution in [2.24, 2.45) is 0 Å². The van der Waals surface area contributed by atoms with Gasteiger partial charge in [-0.15, -0.1) is 11.3 Å². The molecule has 3 rings (SSSR count). The fourth-order valence-electron chi connectivity index (χ4n) is 2.21. The highest BCUT2D eigenvalue weighted by molar-refractivity contribution is 7.15. The van der Waals surface area contributed by atoms with Crippen LogP contribution in [0.15, 0.2) is 23.0 Å². The molecule has 0 saturated heterocycles. The SMILES string of the molecule is Cc1cc(C)c(-c2n[nH]c(=O)c3cc(F)c(F)cc23)s1. The van der Waals surface area contributed by atoms with E-state index in [1.54, 1.807) is 0 Å². The number of aromatic amines is 1. The molecule has 3 aromatic rings. The van der Waals surface area contributed by atoms with E-state index >= 15 is 0 Å². The van der Waals surface area contributed by atoms with Crippen LogP contribution in [-0.4, -0.2) is 10.2 Å². The summed E-state index contributed by atoms with van der Waals surface area (Å²) >= 11 is 1.50. The molecule has 2 heterocycles. The minimum atomic E-state index is -1.04. The molecule has 1 aromatic carbocycles. The Labute approximate surface area is 116 Å². The fourth-order valence-corrected chi connectivity index (χ4v) is 3.24. The number of aromatic nitrogens is 2. The molecule has 0 aliphatic heterocycles. The Hall–Kier alpha value is -2.08. The van der Waals surface area contributed by atoms with E-state index in [9.17, 15) is 13.6 Å². The number of nitrogens with zero attached hydrogens (tertiary/aromatic N) is 1. The van der Waals surface area contributed by atoms with E-state index in [1.165, 1.54) is 11.3 Å². The summed E-state index contributed by atoms with van der Waals surface area (Å²) in [7, 11) is 0. The zero-order chi connectivity index (χ0) is 14.4. The number of rotatable bonds is 1. The average molecular weight is 292 g/mol. The highest BCUT2D eigenvalue weighted by Gasteiger charge is 2.16. The summed E-state index contributed by atoms with van der Waals surface area (Å²) in [5, 5.41) is 6.76. The second-order valence-electron chi connectivity index (χ2n) is 4.58. The summed E-state index contributed by atoms with van der Waals surface area (Å²) in [6, 6.07) is 3.92. The van der Waals surface area contributed by atoms with Crippen molar-refractivity contribution in [1.82, 2.24) is 10.2 Å². The van der Waals surface area contributed by atoms with E-state index in [0.29, 0.717) is 11.1 Å². The van der Waals surface area contributed by atoms with Crippen LogP contribution in [-0.2, 0) is 0 Å². The van der Waals surface area contributed by atoms with E-state index in [-0.39, 0.29) is 5.39 Å². The van der Waals surface area contributed by atoms with E-state index in [1.807, 2.05) is 19.9 Å². The van der Waals surface area contributed by atoms with Crippen LogP contribution >= 0.6 is 11.3 Å². The second-order valence-corrected chi connectivity index (χ2v) is 5.84. The van der Waals surface area contributed by atoms with Gasteiger partial charge in [-0.05, 0) is 37.6 Å². The zero-order valence-electron chi connectivity index (χ0n) is 10.8. The number of hydrogen-bond acceptors (Lipinski definition) is 3. The average Bonchev–Trinajstić information content (AvgIpc) is 2.71. The third kappa shape index (κ3) is 1.92. The van der Waals surface area contributed by atoms with E-state index in [0.717, 1.165) is 27.5 Å². The molecule has 102 valence electrons. The smallest absolute Gasteiger partial charge is 0.267 e. The summed E-state index contributed by atoms with van der Waals surface area (Å²) in [5.74, 6) is -2.03. The Morgan fingerprint density at radius 3 is 2.35 bits per heavy atom. The van der Waals surface area contributed by atoms with Crippen LogP contribution < -0.4 is 5.56 Å². The van der Waals surface area contributed by atoms with E-state index < -0.39 is 17.2 Å². The van der Waals surface area contributed by atoms with Gasteiger partial charge in [0.1, 0.15) is 5.69 Å². The van der Waals surface area contributed by atoms with Crippen LogP contribution in [0.4, 0.5) is 8.78 Å². The monoisotopic (exact) mass is 292 g/mol. The van der Waals surface area contributed by atoms with Crippen molar-refractivity contribution in [1.29, 1.82) is 0 Å². The minimum absolute atomic E-state index is 0.0966. The van der Waals surface area contributed by atoms with Crippen molar-refractivity contribution in [3.05, 3.63) is 50.6 Å². The number of hydrogen-bond donors (Lipinski definition) is 1. The lowest BCUT2D eigenvalue weighted by molar-refractivity contribution is 0.511. The van der Waals surface area contributed by atoms with E-state index in [2.05, 4.69) is 10.2 Å². The first-order chi connectivity index (χ1) is 9.47. The Balaban J connectivity index is 2.43. The maximum absolute atomic E-state index is 13.5. The first-order valence-corrected chi connectivity index (χ1v) is 6.74. The molecule has 1 N–H and O–H groups in total. The lowest BCUT2D eigenvalue weighted by Gasteiger charge is -2.05. The minimum Gasteiger partial charge on any atom is -0.267 e. The van der Waals surface area contributed by atoms with Crippen LogP contribution in [0, 0.1) is 25.5 Å². The number of aryl methyl sites for hydroxylation is 2. The lowest BCUT2D eigenvalue weighted by Crippen LogP contribution is -2.10. The third-order valence-electron chi connectivity index (χ3n) is 3.09. The van der Waals surface area contributed by atoms with Gasteiger partial charge < -0.3 is 0 Å². The normalized spacial score (nSPS) is 11.2. The molecule has 3 nitrogen and oxygen atoms in total. The molecule has 2 aromatic heterocycles. The van der Waals surface area contributed by atoms with Gasteiger partial charge >= 0.3 is 0 Å². The van der Waals surface area contributed by atoms with E-state index in [4.69, 9.17) is 0 Å². The largest absolute Gasteiger partial charge is 0.272 e. The van der Waals surface area contributed by atoms with Crippen molar-refractivity contribution in [2.75, 3.05) is 0 Å². The van der Waals surface area contributed by atoms with Crippen LogP contribution in [0.1, 0.15) is 10.4 Å². The summed E-state index contributed by atoms with van der Waals surface area (Å²) in [4.78, 5) is 13.6. The van der Waals surface area contributed by atoms with Crippen molar-refractivity contribution in [3.8, 4) is 10.6 Å². The topological polar surface area (TPSA) is 45.8 Å². The van der Waals surface area contributed by atoms with Crippen molar-refractivity contribution in [2.45, 2.75) is 13.8 Å². The maximum Gasteiger partial charge on any atom is 0.272 e. The van der Waals surface area contributed by atoms with Gasteiger partial charge in [0.2, 0.25) is 0 Å². The molecule has 0 aliphatic rings. The van der Waals surface area contributed by atoms with Crippen LogP contribution in [0.5, 0.6) is 0 Å². The Bertz CT molecular complexity index is 883. The first-order valence-electron chi connectivity index (χ1n) is 5.92. The summed E-state index contributed by atoms with van der Waals surface area (Å²) in [5.41, 5.74) is 0.917. The fraction of sp³-hybridized carbons (Fsp3) is 0.143. The molecule has 0 amide bonds. The quantitative estimate of drug-likeness (QED) is 0.745. The molecule has 6 heteroatoms. The number of halogens is 2. The molecule has 0 spiro atoms. The molecule has 0 atom stereocenters. The molecular weight excluding hydrogens is 282 g/mol. The van der Waals surface area contributed by atoms with Crippen molar-refractivity contribution in [3.63, 3.8) is 0 Å². The summed E-state index contributed by atoms with van der Waals surface area (Å²) in [6.07, 6.45) is 0. The number of H-pyrrole nitrogens is 1. The molecule has 0 unspecified atom stereocenters. The van der Waals surface area contributed by atoms with Gasteiger partial charge in [0, 0.05) is 10.3 Å². The van der Waals surface area contributed by atoms with Gasteiger partial charge in [-0.25, -0.2) is 13.9 Å². The molecule has 0 aliphatic carbocycles. The predicted octanol–water partition coefficient (Wildman–Crippen LogP) is 3.55. The van der Waals surface area contributed by atoms with Gasteiger partial charge in [0.25, 0.3) is 5.56 Å². The zero-order valence-corrected chi connectivity index (χ0v) is 11.6. The maximum atomic E-state index is 13.5. The molecular formula is C14H10F2N2OS. The van der Waals surface area contributed by atoms with Crippen molar-refractivity contribution >= 4 is 22.1 Å². The highest BCUT2D eigenvalue weighted by Crippen LogP contribution is 2.34. The van der Waals surface area contributed by atoms with Gasteiger partial charge in [0.15, 0.2) is 11.6 Å². The molecule has 0 saturated carbocycles. The Morgan fingerprint density at radius 1 is 1.10 bits per heavy atom. The van der Waals surface area contributed by atoms with Gasteiger partial charge in [-0.3, -0.25) is 4.79 Å². The Kier molecular flexibility index (Phi) is 2.90. The molecule has 20 heavy (non-hydrogen) atoms. The summed E-state index contributed by atoms with van der Waals surface area (Å²) < 4.78 is 26.8. The third-order valence-corrected chi connectivity index (χ3v) is 4.24. The number of thiophene rings is 1. The summed E-state index contributed by atoms with van der Waals surface area (Å²) in [6.45, 7) is 3.87. The van der Waals surface area contributed by atoms with Crippen molar-refractivity contribution < 1.29 is 8.78 Å². The van der Waals surface area contributed by atoms with Crippen LogP contribution in [0.2, 0.25) is 0 Å². The van der Waals surface area contributed by atoms with Crippen LogP contribution in [0.25, 0.3) is 21.3 Å². The standard InChI is InChI=1S/C14H10F2N2OS/c1-6-3-7(2)20-13(6)12-8-4-10(15)11(16)5-9(8)14(19)18-17-12/h3-5H,1-2H3,(H,18,19). The van der Waals surface area contributed by atoms with Crippen LogP contribution in [0.3, 0.4) is 0 Å². The second kappa shape index (κ2) is 4.49. The number of nitrogens with one attached hydrogen (secondary N) is 1. The van der Waals surface area contributed by atoms with Gasteiger partial charge in [0.05, 0.1) is 10.3 Å². The lowest BCUT2D eigenvalue weighted by atomic mass is 10.1. The number of fused-ring (bicyclic) bond motifs is 1.